The van der Waals surface area contributed by atoms with Gasteiger partial charge in [0.2, 0.25) is 0 Å². The first kappa shape index (κ1) is 23.8. The smallest absolute Gasteiger partial charge is 0.336 e. The molecule has 1 heterocycles. The molecule has 0 aliphatic carbocycles. The van der Waals surface area contributed by atoms with Crippen molar-refractivity contribution in [2.24, 2.45) is 0 Å². The zero-order valence-corrected chi connectivity index (χ0v) is 19.9. The summed E-state index contributed by atoms with van der Waals surface area (Å²) in [6.07, 6.45) is 2.41. The van der Waals surface area contributed by atoms with E-state index in [1.165, 1.54) is 0 Å². The molecule has 0 radical (unpaired) electrons. The van der Waals surface area contributed by atoms with Crippen molar-refractivity contribution in [3.63, 3.8) is 0 Å². The number of carbonyl (C=O) groups excluding carboxylic acids is 1. The summed E-state index contributed by atoms with van der Waals surface area (Å²) in [5.41, 5.74) is 1.61. The van der Waals surface area contributed by atoms with Crippen molar-refractivity contribution in [3.05, 3.63) is 48.3 Å². The number of methoxy groups -OCH3 is 1. The lowest BCUT2D eigenvalue weighted by Crippen LogP contribution is -2.49. The number of hydrogen-bond acceptors (Lipinski definition) is 7. The van der Waals surface area contributed by atoms with Gasteiger partial charge in [-0.25, -0.2) is 4.79 Å². The van der Waals surface area contributed by atoms with Crippen LogP contribution in [0.15, 0.2) is 42.7 Å². The van der Waals surface area contributed by atoms with Crippen LogP contribution in [-0.4, -0.2) is 44.3 Å². The summed E-state index contributed by atoms with van der Waals surface area (Å²) < 4.78 is 17.2. The Hall–Kier alpha value is -2.45. The van der Waals surface area contributed by atoms with Gasteiger partial charge in [-0.3, -0.25) is 0 Å². The van der Waals surface area contributed by atoms with E-state index in [1.807, 2.05) is 30.3 Å². The zero-order valence-electron chi connectivity index (χ0n) is 18.9. The number of esters is 1. The average molecular weight is 432 g/mol. The van der Waals surface area contributed by atoms with E-state index in [-0.39, 0.29) is 11.6 Å². The van der Waals surface area contributed by atoms with Crippen molar-refractivity contribution in [2.45, 2.75) is 58.0 Å². The lowest BCUT2D eigenvalue weighted by Gasteiger charge is -2.40. The molecule has 0 spiro atoms. The summed E-state index contributed by atoms with van der Waals surface area (Å²) in [7, 11) is -0.662. The van der Waals surface area contributed by atoms with Crippen LogP contribution in [0.1, 0.15) is 39.3 Å². The molecule has 0 amide bonds. The third-order valence-corrected chi connectivity index (χ3v) is 9.88. The number of hydrogen-bond donors (Lipinski definition) is 1. The molecule has 0 bridgehead atoms. The van der Waals surface area contributed by atoms with E-state index < -0.39 is 26.4 Å². The van der Waals surface area contributed by atoms with Gasteiger partial charge in [-0.15, -0.1) is 0 Å². The SMILES string of the molecule is CCOC(=O)[C@H](O[Si](C)(C)C(C)(C)C)[C@@H](Nc1ccc(OC)cc1)c1ccnnc1. The van der Waals surface area contributed by atoms with Crippen molar-refractivity contribution < 1.29 is 18.7 Å². The highest BCUT2D eigenvalue weighted by Crippen LogP contribution is 2.39. The van der Waals surface area contributed by atoms with Gasteiger partial charge in [-0.1, -0.05) is 20.8 Å². The Kier molecular flexibility index (Phi) is 7.97. The molecule has 7 nitrogen and oxygen atoms in total. The molecule has 0 saturated heterocycles. The van der Waals surface area contributed by atoms with Crippen LogP contribution in [-0.2, 0) is 14.0 Å². The van der Waals surface area contributed by atoms with Crippen LogP contribution in [0.2, 0.25) is 18.1 Å². The van der Waals surface area contributed by atoms with E-state index in [0.29, 0.717) is 0 Å². The van der Waals surface area contributed by atoms with Crippen LogP contribution >= 0.6 is 0 Å². The minimum absolute atomic E-state index is 0.0705. The normalized spacial score (nSPS) is 14.0. The lowest BCUT2D eigenvalue weighted by atomic mass is 10.0. The molecule has 1 N–H and O–H groups in total. The minimum atomic E-state index is -2.28. The van der Waals surface area contributed by atoms with Gasteiger partial charge >= 0.3 is 5.97 Å². The summed E-state index contributed by atoms with van der Waals surface area (Å²) in [6, 6.07) is 8.85. The Bertz CT molecular complexity index is 807. The van der Waals surface area contributed by atoms with Gasteiger partial charge in [0.25, 0.3) is 0 Å². The Morgan fingerprint density at radius 1 is 1.13 bits per heavy atom. The van der Waals surface area contributed by atoms with E-state index in [4.69, 9.17) is 13.9 Å². The van der Waals surface area contributed by atoms with Crippen molar-refractivity contribution >= 4 is 20.0 Å². The fourth-order valence-corrected chi connectivity index (χ4v) is 3.88. The van der Waals surface area contributed by atoms with Crippen molar-refractivity contribution in [2.75, 3.05) is 19.0 Å². The Morgan fingerprint density at radius 2 is 1.80 bits per heavy atom. The second kappa shape index (κ2) is 10.0. The molecule has 164 valence electrons. The number of ether oxygens (including phenoxy) is 2. The molecule has 0 saturated carbocycles. The van der Waals surface area contributed by atoms with Gasteiger partial charge in [0.05, 0.1) is 26.0 Å². The Morgan fingerprint density at radius 3 is 2.30 bits per heavy atom. The number of benzene rings is 1. The van der Waals surface area contributed by atoms with E-state index in [2.05, 4.69) is 49.4 Å². The second-order valence-corrected chi connectivity index (χ2v) is 13.3. The highest BCUT2D eigenvalue weighted by molar-refractivity contribution is 6.74. The number of rotatable bonds is 9. The molecule has 0 unspecified atom stereocenters. The molecule has 1 aromatic heterocycles. The predicted molar refractivity (Wildman–Crippen MR) is 120 cm³/mol. The lowest BCUT2D eigenvalue weighted by molar-refractivity contribution is -0.152. The van der Waals surface area contributed by atoms with Crippen molar-refractivity contribution in [1.29, 1.82) is 0 Å². The first-order valence-corrected chi connectivity index (χ1v) is 13.0. The van der Waals surface area contributed by atoms with E-state index in [1.54, 1.807) is 26.4 Å². The third-order valence-electron chi connectivity index (χ3n) is 5.43. The van der Waals surface area contributed by atoms with Crippen molar-refractivity contribution in [1.82, 2.24) is 10.2 Å². The van der Waals surface area contributed by atoms with Crippen LogP contribution in [0.5, 0.6) is 5.75 Å². The summed E-state index contributed by atoms with van der Waals surface area (Å²) in [4.78, 5) is 13.0. The maximum atomic E-state index is 13.0. The molecule has 8 heteroatoms. The molecule has 0 aliphatic heterocycles. The zero-order chi connectivity index (χ0) is 22.4. The number of nitrogens with one attached hydrogen (secondary N) is 1. The second-order valence-electron chi connectivity index (χ2n) is 8.58. The van der Waals surface area contributed by atoms with E-state index in [0.717, 1.165) is 17.0 Å². The van der Waals surface area contributed by atoms with Gasteiger partial charge in [-0.05, 0) is 61.0 Å². The maximum Gasteiger partial charge on any atom is 0.336 e. The average Bonchev–Trinajstić information content (AvgIpc) is 2.71. The van der Waals surface area contributed by atoms with Gasteiger partial charge in [-0.2, -0.15) is 10.2 Å². The quantitative estimate of drug-likeness (QED) is 0.459. The fraction of sp³-hybridized carbons (Fsp3) is 0.500. The first-order chi connectivity index (χ1) is 14.1. The molecular weight excluding hydrogens is 398 g/mol. The molecule has 0 fully saturated rings. The number of carbonyl (C=O) groups is 1. The van der Waals surface area contributed by atoms with Gasteiger partial charge in [0, 0.05) is 11.9 Å². The molecule has 30 heavy (non-hydrogen) atoms. The van der Waals surface area contributed by atoms with Crippen LogP contribution < -0.4 is 10.1 Å². The fourth-order valence-electron chi connectivity index (χ4n) is 2.66. The maximum absolute atomic E-state index is 13.0. The van der Waals surface area contributed by atoms with Gasteiger partial charge < -0.3 is 19.2 Å². The minimum Gasteiger partial charge on any atom is -0.497 e. The van der Waals surface area contributed by atoms with Crippen LogP contribution in [0.3, 0.4) is 0 Å². The van der Waals surface area contributed by atoms with Crippen LogP contribution in [0.25, 0.3) is 0 Å². The highest BCUT2D eigenvalue weighted by Gasteiger charge is 2.44. The number of anilines is 1. The van der Waals surface area contributed by atoms with Crippen molar-refractivity contribution in [3.8, 4) is 5.75 Å². The Labute approximate surface area is 180 Å². The first-order valence-electron chi connectivity index (χ1n) is 10.1. The summed E-state index contributed by atoms with van der Waals surface area (Å²) >= 11 is 0. The standard InChI is InChI=1S/C22H33N3O4Si/c1-8-28-21(26)20(29-30(6,7)22(2,3)4)19(16-13-14-23-24-15-16)25-17-9-11-18(27-5)12-10-17/h9-15,19-20,25H,8H2,1-7H3/t19-,20+/m0/s1. The predicted octanol–water partition coefficient (Wildman–Crippen LogP) is 4.59. The summed E-state index contributed by atoms with van der Waals surface area (Å²) in [5.74, 6) is 0.354. The molecule has 2 aromatic rings. The van der Waals surface area contributed by atoms with Crippen LogP contribution in [0, 0.1) is 0 Å². The van der Waals surface area contributed by atoms with E-state index in [9.17, 15) is 4.79 Å². The number of nitrogens with zero attached hydrogens (tertiary/aromatic N) is 2. The van der Waals surface area contributed by atoms with Gasteiger partial charge in [0.1, 0.15) is 5.75 Å². The third kappa shape index (κ3) is 6.02. The van der Waals surface area contributed by atoms with Crippen LogP contribution in [0.4, 0.5) is 5.69 Å². The Balaban J connectivity index is 2.46. The highest BCUT2D eigenvalue weighted by atomic mass is 28.4. The molecule has 2 atom stereocenters. The topological polar surface area (TPSA) is 82.6 Å². The van der Waals surface area contributed by atoms with Gasteiger partial charge in [0.15, 0.2) is 14.4 Å². The monoisotopic (exact) mass is 431 g/mol. The molecule has 2 rings (SSSR count). The molecule has 0 aliphatic rings. The van der Waals surface area contributed by atoms with E-state index >= 15 is 0 Å². The summed E-state index contributed by atoms with van der Waals surface area (Å²) in [6.45, 7) is 12.7. The molecule has 1 aromatic carbocycles. The summed E-state index contributed by atoms with van der Waals surface area (Å²) in [5, 5.41) is 11.2. The molecular formula is C22H33N3O4Si. The number of aromatic nitrogens is 2. The largest absolute Gasteiger partial charge is 0.497 e.